The summed E-state index contributed by atoms with van der Waals surface area (Å²) in [4.78, 5) is 28.9. The molecule has 0 aliphatic carbocycles. The van der Waals surface area contributed by atoms with Gasteiger partial charge in [0.05, 0.1) is 16.4 Å². The molecule has 1 atom stereocenters. The van der Waals surface area contributed by atoms with Gasteiger partial charge in [0.1, 0.15) is 0 Å². The summed E-state index contributed by atoms with van der Waals surface area (Å²) in [5.74, 6) is 0. The predicted octanol–water partition coefficient (Wildman–Crippen LogP) is 3.17. The van der Waals surface area contributed by atoms with Crippen LogP contribution in [0.5, 0.6) is 0 Å². The first-order valence-electron chi connectivity index (χ1n) is 6.56. The van der Waals surface area contributed by atoms with Crippen LogP contribution in [0, 0.1) is 0 Å². The van der Waals surface area contributed by atoms with Gasteiger partial charge < -0.3 is 9.97 Å². The summed E-state index contributed by atoms with van der Waals surface area (Å²) >= 11 is 8.20. The van der Waals surface area contributed by atoms with Gasteiger partial charge in [-0.2, -0.15) is 0 Å². The molecule has 0 aliphatic heterocycles. The number of nitrogens with one attached hydrogen (secondary N) is 2. The summed E-state index contributed by atoms with van der Waals surface area (Å²) in [5, 5.41) is 1.77. The van der Waals surface area contributed by atoms with Crippen molar-refractivity contribution in [1.82, 2.24) is 9.97 Å². The molecule has 0 amide bonds. The molecule has 4 nitrogen and oxygen atoms in total. The zero-order valence-electron chi connectivity index (χ0n) is 11.3. The molecule has 0 saturated heterocycles. The molecular formula is C15H13ClN2O2S. The normalized spacial score (nSPS) is 12.7. The molecule has 108 valence electrons. The Bertz CT molecular complexity index is 910. The van der Waals surface area contributed by atoms with Crippen LogP contribution in [0.25, 0.3) is 11.0 Å². The van der Waals surface area contributed by atoms with E-state index in [1.54, 1.807) is 17.4 Å². The standard InChI is InChI=1S/C15H13ClN2O2S/c1-2-8-5-6-21-13(8)12(16)9-3-4-10-11(7-9)18-15(20)14(19)17-10/h3-7,12H,2H2,1H3,(H,17,19)(H,18,20). The second-order valence-electron chi connectivity index (χ2n) is 4.74. The third kappa shape index (κ3) is 2.54. The molecular weight excluding hydrogens is 308 g/mol. The van der Waals surface area contributed by atoms with E-state index in [4.69, 9.17) is 11.6 Å². The molecule has 21 heavy (non-hydrogen) atoms. The summed E-state index contributed by atoms with van der Waals surface area (Å²) in [6.45, 7) is 2.10. The molecule has 0 radical (unpaired) electrons. The lowest BCUT2D eigenvalue weighted by Crippen LogP contribution is -2.28. The smallest absolute Gasteiger partial charge is 0.314 e. The van der Waals surface area contributed by atoms with Crippen molar-refractivity contribution in [2.75, 3.05) is 0 Å². The molecule has 2 N–H and O–H groups in total. The second kappa shape index (κ2) is 5.50. The fourth-order valence-corrected chi connectivity index (χ4v) is 3.73. The zero-order valence-corrected chi connectivity index (χ0v) is 12.8. The van der Waals surface area contributed by atoms with Crippen LogP contribution in [0.4, 0.5) is 0 Å². The van der Waals surface area contributed by atoms with E-state index in [-0.39, 0.29) is 5.38 Å². The Kier molecular flexibility index (Phi) is 3.69. The molecule has 6 heteroatoms. The Morgan fingerprint density at radius 1 is 1.14 bits per heavy atom. The summed E-state index contributed by atoms with van der Waals surface area (Å²) in [5.41, 5.74) is 1.99. The molecule has 1 unspecified atom stereocenters. The number of aryl methyl sites for hydroxylation is 1. The molecule has 2 heterocycles. The lowest BCUT2D eigenvalue weighted by Gasteiger charge is -2.11. The average molecular weight is 321 g/mol. The van der Waals surface area contributed by atoms with Crippen LogP contribution >= 0.6 is 22.9 Å². The van der Waals surface area contributed by atoms with Gasteiger partial charge in [0.2, 0.25) is 0 Å². The van der Waals surface area contributed by atoms with Crippen molar-refractivity contribution in [3.8, 4) is 0 Å². The highest BCUT2D eigenvalue weighted by atomic mass is 35.5. The van der Waals surface area contributed by atoms with Crippen molar-refractivity contribution in [3.05, 3.63) is 66.4 Å². The minimum Gasteiger partial charge on any atom is -0.316 e. The molecule has 0 fully saturated rings. The van der Waals surface area contributed by atoms with E-state index in [9.17, 15) is 9.59 Å². The zero-order chi connectivity index (χ0) is 15.0. The number of benzene rings is 1. The van der Waals surface area contributed by atoms with Gasteiger partial charge >= 0.3 is 11.1 Å². The number of thiophene rings is 1. The predicted molar refractivity (Wildman–Crippen MR) is 86.6 cm³/mol. The van der Waals surface area contributed by atoms with Gasteiger partial charge in [-0.15, -0.1) is 22.9 Å². The first-order valence-corrected chi connectivity index (χ1v) is 7.88. The van der Waals surface area contributed by atoms with E-state index in [0.717, 1.165) is 16.9 Å². The van der Waals surface area contributed by atoms with Gasteiger partial charge in [0.15, 0.2) is 0 Å². The third-order valence-corrected chi connectivity index (χ3v) is 5.05. The van der Waals surface area contributed by atoms with Crippen molar-refractivity contribution < 1.29 is 0 Å². The van der Waals surface area contributed by atoms with Crippen molar-refractivity contribution >= 4 is 34.0 Å². The Balaban J connectivity index is 2.10. The Morgan fingerprint density at radius 2 is 1.86 bits per heavy atom. The van der Waals surface area contributed by atoms with Gasteiger partial charge in [-0.3, -0.25) is 9.59 Å². The maximum absolute atomic E-state index is 11.4. The molecule has 0 bridgehead atoms. The number of halogens is 1. The number of alkyl halides is 1. The summed E-state index contributed by atoms with van der Waals surface area (Å²) in [6.07, 6.45) is 0.930. The van der Waals surface area contributed by atoms with E-state index >= 15 is 0 Å². The van der Waals surface area contributed by atoms with Crippen LogP contribution < -0.4 is 11.1 Å². The summed E-state index contributed by atoms with van der Waals surface area (Å²) < 4.78 is 0. The summed E-state index contributed by atoms with van der Waals surface area (Å²) in [6, 6.07) is 7.52. The van der Waals surface area contributed by atoms with Crippen LogP contribution in [-0.2, 0) is 6.42 Å². The highest BCUT2D eigenvalue weighted by molar-refractivity contribution is 7.10. The maximum Gasteiger partial charge on any atom is 0.314 e. The fraction of sp³-hybridized carbons (Fsp3) is 0.200. The van der Waals surface area contributed by atoms with Crippen molar-refractivity contribution in [1.29, 1.82) is 0 Å². The van der Waals surface area contributed by atoms with Gasteiger partial charge in [0.25, 0.3) is 0 Å². The van der Waals surface area contributed by atoms with E-state index < -0.39 is 11.1 Å². The molecule has 0 aliphatic rings. The van der Waals surface area contributed by atoms with Crippen molar-refractivity contribution in [2.45, 2.75) is 18.7 Å². The molecule has 2 aromatic heterocycles. The monoisotopic (exact) mass is 320 g/mol. The SMILES string of the molecule is CCc1ccsc1C(Cl)c1ccc2[nH]c(=O)c(=O)[nH]c2c1. The van der Waals surface area contributed by atoms with E-state index in [2.05, 4.69) is 23.0 Å². The number of hydrogen-bond acceptors (Lipinski definition) is 3. The van der Waals surface area contributed by atoms with E-state index in [1.807, 2.05) is 17.5 Å². The van der Waals surface area contributed by atoms with Gasteiger partial charge in [-0.1, -0.05) is 13.0 Å². The largest absolute Gasteiger partial charge is 0.316 e. The van der Waals surface area contributed by atoms with Crippen molar-refractivity contribution in [3.63, 3.8) is 0 Å². The highest BCUT2D eigenvalue weighted by Crippen LogP contribution is 2.35. The van der Waals surface area contributed by atoms with Crippen LogP contribution in [0.2, 0.25) is 0 Å². The highest BCUT2D eigenvalue weighted by Gasteiger charge is 2.16. The molecule has 0 spiro atoms. The van der Waals surface area contributed by atoms with Crippen LogP contribution in [-0.4, -0.2) is 9.97 Å². The number of aromatic amines is 2. The molecule has 0 saturated carbocycles. The first kappa shape index (κ1) is 14.1. The van der Waals surface area contributed by atoms with Crippen molar-refractivity contribution in [2.24, 2.45) is 0 Å². The lowest BCUT2D eigenvalue weighted by atomic mass is 10.1. The van der Waals surface area contributed by atoms with E-state index in [0.29, 0.717) is 11.0 Å². The Hall–Kier alpha value is -1.85. The van der Waals surface area contributed by atoms with Gasteiger partial charge in [-0.05, 0) is 41.1 Å². The molecule has 1 aromatic carbocycles. The third-order valence-electron chi connectivity index (χ3n) is 3.43. The first-order chi connectivity index (χ1) is 10.1. The fourth-order valence-electron chi connectivity index (χ4n) is 2.30. The Labute approximate surface area is 129 Å². The van der Waals surface area contributed by atoms with Gasteiger partial charge in [0, 0.05) is 4.88 Å². The topological polar surface area (TPSA) is 65.7 Å². The van der Waals surface area contributed by atoms with Gasteiger partial charge in [-0.25, -0.2) is 0 Å². The average Bonchev–Trinajstić information content (AvgIpc) is 2.95. The molecule has 3 aromatic rings. The quantitative estimate of drug-likeness (QED) is 0.575. The Morgan fingerprint density at radius 3 is 2.57 bits per heavy atom. The number of rotatable bonds is 3. The van der Waals surface area contributed by atoms with Crippen LogP contribution in [0.3, 0.4) is 0 Å². The molecule has 3 rings (SSSR count). The minimum atomic E-state index is -0.656. The number of hydrogen-bond donors (Lipinski definition) is 2. The number of H-pyrrole nitrogens is 2. The second-order valence-corrected chi connectivity index (χ2v) is 6.12. The minimum absolute atomic E-state index is 0.264. The van der Waals surface area contributed by atoms with Crippen LogP contribution in [0.1, 0.15) is 28.3 Å². The van der Waals surface area contributed by atoms with E-state index in [1.165, 1.54) is 5.56 Å². The number of fused-ring (bicyclic) bond motifs is 1. The maximum atomic E-state index is 11.4. The number of aromatic nitrogens is 2. The lowest BCUT2D eigenvalue weighted by molar-refractivity contribution is 1.07. The van der Waals surface area contributed by atoms with Crippen LogP contribution in [0.15, 0.2) is 39.2 Å². The summed E-state index contributed by atoms with van der Waals surface area (Å²) in [7, 11) is 0.